The Morgan fingerprint density at radius 2 is 1.83 bits per heavy atom. The number of hydrogen-bond donors (Lipinski definition) is 1. The number of hydrogen-bond acceptors (Lipinski definition) is 3. The van der Waals surface area contributed by atoms with Crippen molar-refractivity contribution in [3.63, 3.8) is 0 Å². The molecule has 0 aromatic rings. The smallest absolute Gasteiger partial charge is 0.0435 e. The minimum absolute atomic E-state index is 0.916. The summed E-state index contributed by atoms with van der Waals surface area (Å²) in [6, 6.07) is 0. The third-order valence-corrected chi connectivity index (χ3v) is 2.46. The van der Waals surface area contributed by atoms with Gasteiger partial charge in [0.2, 0.25) is 0 Å². The first-order valence-electron chi connectivity index (χ1n) is 4.56. The molecule has 0 amide bonds. The van der Waals surface area contributed by atoms with Gasteiger partial charge in [-0.3, -0.25) is 0 Å². The van der Waals surface area contributed by atoms with Gasteiger partial charge in [-0.1, -0.05) is 19.3 Å². The Bertz CT molecular complexity index is 107. The van der Waals surface area contributed by atoms with Crippen molar-refractivity contribution in [2.45, 2.75) is 38.5 Å². The fourth-order valence-electron chi connectivity index (χ4n) is 1.07. The van der Waals surface area contributed by atoms with Gasteiger partial charge in [-0.2, -0.15) is 11.8 Å². The molecule has 0 atom stereocenters. The molecular formula is C9H19NOS. The van der Waals surface area contributed by atoms with Crippen LogP contribution in [0.25, 0.3) is 0 Å². The van der Waals surface area contributed by atoms with Crippen LogP contribution in [0.3, 0.4) is 0 Å². The first-order chi connectivity index (χ1) is 5.91. The van der Waals surface area contributed by atoms with E-state index in [1.165, 1.54) is 31.4 Å². The normalized spacial score (nSPS) is 11.1. The summed E-state index contributed by atoms with van der Waals surface area (Å²) in [6.07, 6.45) is 11.1. The van der Waals surface area contributed by atoms with Crippen LogP contribution in [-0.2, 0) is 0 Å². The monoisotopic (exact) mass is 189 g/mol. The highest BCUT2D eigenvalue weighted by Gasteiger charge is 1.89. The van der Waals surface area contributed by atoms with Crippen molar-refractivity contribution >= 4 is 18.0 Å². The molecule has 0 aliphatic carbocycles. The van der Waals surface area contributed by atoms with E-state index in [0.717, 1.165) is 12.8 Å². The molecule has 2 nitrogen and oxygen atoms in total. The maximum atomic E-state index is 8.11. The number of rotatable bonds is 8. The molecule has 1 N–H and O–H groups in total. The van der Waals surface area contributed by atoms with Gasteiger partial charge < -0.3 is 5.21 Å². The minimum atomic E-state index is 0.916. The molecule has 0 radical (unpaired) electrons. The van der Waals surface area contributed by atoms with Crippen LogP contribution < -0.4 is 0 Å². The molecule has 0 rings (SSSR count). The molecule has 0 aliphatic heterocycles. The Morgan fingerprint density at radius 3 is 2.50 bits per heavy atom. The predicted molar refractivity (Wildman–Crippen MR) is 56.4 cm³/mol. The topological polar surface area (TPSA) is 32.6 Å². The fourth-order valence-corrected chi connectivity index (χ4v) is 1.56. The molecule has 72 valence electrons. The summed E-state index contributed by atoms with van der Waals surface area (Å²) in [5.41, 5.74) is 0. The van der Waals surface area contributed by atoms with Crippen molar-refractivity contribution < 1.29 is 5.21 Å². The van der Waals surface area contributed by atoms with Crippen LogP contribution >= 0.6 is 11.8 Å². The third kappa shape index (κ3) is 9.82. The van der Waals surface area contributed by atoms with Crippen LogP contribution in [0.2, 0.25) is 0 Å². The van der Waals surface area contributed by atoms with Gasteiger partial charge in [0.1, 0.15) is 0 Å². The van der Waals surface area contributed by atoms with Crippen LogP contribution in [0.15, 0.2) is 5.16 Å². The van der Waals surface area contributed by atoms with E-state index in [1.54, 1.807) is 6.21 Å². The summed E-state index contributed by atoms with van der Waals surface area (Å²) < 4.78 is 0. The third-order valence-electron chi connectivity index (χ3n) is 1.76. The van der Waals surface area contributed by atoms with Crippen molar-refractivity contribution in [1.29, 1.82) is 0 Å². The minimum Gasteiger partial charge on any atom is -0.411 e. The van der Waals surface area contributed by atoms with Gasteiger partial charge in [-0.05, 0) is 31.3 Å². The molecule has 0 bridgehead atoms. The lowest BCUT2D eigenvalue weighted by molar-refractivity contribution is 0.320. The van der Waals surface area contributed by atoms with Crippen LogP contribution in [0.1, 0.15) is 38.5 Å². The zero-order valence-corrected chi connectivity index (χ0v) is 8.65. The fraction of sp³-hybridized carbons (Fsp3) is 0.889. The zero-order chi connectivity index (χ0) is 9.07. The number of thioether (sulfide) groups is 1. The van der Waals surface area contributed by atoms with Gasteiger partial charge in [0, 0.05) is 6.21 Å². The summed E-state index contributed by atoms with van der Waals surface area (Å²) >= 11 is 1.92. The second kappa shape index (κ2) is 10.8. The maximum absolute atomic E-state index is 8.11. The average Bonchev–Trinajstić information content (AvgIpc) is 2.10. The first-order valence-corrected chi connectivity index (χ1v) is 5.96. The quantitative estimate of drug-likeness (QED) is 0.275. The summed E-state index contributed by atoms with van der Waals surface area (Å²) in [5.74, 6) is 1.29. The van der Waals surface area contributed by atoms with E-state index in [1.807, 2.05) is 11.8 Å². The van der Waals surface area contributed by atoms with Crippen molar-refractivity contribution in [2.75, 3.05) is 12.0 Å². The zero-order valence-electron chi connectivity index (χ0n) is 7.83. The highest BCUT2D eigenvalue weighted by Crippen LogP contribution is 2.07. The van der Waals surface area contributed by atoms with Crippen LogP contribution in [0, 0.1) is 0 Å². The highest BCUT2D eigenvalue weighted by molar-refractivity contribution is 7.98. The molecular weight excluding hydrogens is 170 g/mol. The van der Waals surface area contributed by atoms with E-state index in [2.05, 4.69) is 11.4 Å². The van der Waals surface area contributed by atoms with Crippen LogP contribution in [-0.4, -0.2) is 23.4 Å². The van der Waals surface area contributed by atoms with E-state index in [9.17, 15) is 0 Å². The summed E-state index contributed by atoms with van der Waals surface area (Å²) in [7, 11) is 0. The molecule has 0 unspecified atom stereocenters. The van der Waals surface area contributed by atoms with Crippen molar-refractivity contribution in [2.24, 2.45) is 5.16 Å². The van der Waals surface area contributed by atoms with E-state index in [4.69, 9.17) is 5.21 Å². The average molecular weight is 189 g/mol. The summed E-state index contributed by atoms with van der Waals surface area (Å²) in [4.78, 5) is 0. The van der Waals surface area contributed by atoms with E-state index < -0.39 is 0 Å². The standard InChI is InChI=1S/C9H19NOS/c1-12-9-7-5-3-2-4-6-8-10-11/h8,11H,2-7,9H2,1H3. The Labute approximate surface area is 79.4 Å². The lowest BCUT2D eigenvalue weighted by atomic mass is 10.1. The summed E-state index contributed by atoms with van der Waals surface area (Å²) in [5, 5.41) is 11.1. The van der Waals surface area contributed by atoms with Gasteiger partial charge in [0.05, 0.1) is 0 Å². The highest BCUT2D eigenvalue weighted by atomic mass is 32.2. The van der Waals surface area contributed by atoms with Crippen molar-refractivity contribution in [3.05, 3.63) is 0 Å². The first kappa shape index (κ1) is 11.8. The molecule has 0 aromatic heterocycles. The molecule has 0 aliphatic rings. The molecule has 12 heavy (non-hydrogen) atoms. The second-order valence-electron chi connectivity index (χ2n) is 2.85. The number of oxime groups is 1. The van der Waals surface area contributed by atoms with Crippen LogP contribution in [0.5, 0.6) is 0 Å². The maximum Gasteiger partial charge on any atom is 0.0435 e. The van der Waals surface area contributed by atoms with E-state index >= 15 is 0 Å². The molecule has 0 heterocycles. The molecule has 0 fully saturated rings. The Morgan fingerprint density at radius 1 is 1.17 bits per heavy atom. The van der Waals surface area contributed by atoms with Crippen LogP contribution in [0.4, 0.5) is 0 Å². The molecule has 3 heteroatoms. The second-order valence-corrected chi connectivity index (χ2v) is 3.83. The number of unbranched alkanes of at least 4 members (excludes halogenated alkanes) is 5. The number of nitrogens with zero attached hydrogens (tertiary/aromatic N) is 1. The van der Waals surface area contributed by atoms with Crippen molar-refractivity contribution in [1.82, 2.24) is 0 Å². The Hall–Kier alpha value is -0.180. The van der Waals surface area contributed by atoms with E-state index in [0.29, 0.717) is 0 Å². The Balaban J connectivity index is 2.81. The van der Waals surface area contributed by atoms with Gasteiger partial charge in [0.25, 0.3) is 0 Å². The molecule has 0 saturated carbocycles. The lowest BCUT2D eigenvalue weighted by Gasteiger charge is -1.97. The summed E-state index contributed by atoms with van der Waals surface area (Å²) in [6.45, 7) is 0. The van der Waals surface area contributed by atoms with Gasteiger partial charge in [-0.15, -0.1) is 5.16 Å². The molecule has 0 saturated heterocycles. The van der Waals surface area contributed by atoms with Gasteiger partial charge >= 0.3 is 0 Å². The predicted octanol–water partition coefficient (Wildman–Crippen LogP) is 3.15. The lowest BCUT2D eigenvalue weighted by Crippen LogP contribution is -1.82. The Kier molecular flexibility index (Phi) is 10.7. The largest absolute Gasteiger partial charge is 0.411 e. The van der Waals surface area contributed by atoms with E-state index in [-0.39, 0.29) is 0 Å². The van der Waals surface area contributed by atoms with Gasteiger partial charge in [0.15, 0.2) is 0 Å². The molecule has 0 spiro atoms. The SMILES string of the molecule is CSCCCCCCCC=NO. The molecule has 0 aromatic carbocycles. The van der Waals surface area contributed by atoms with Gasteiger partial charge in [-0.25, -0.2) is 0 Å². The van der Waals surface area contributed by atoms with Crippen molar-refractivity contribution in [3.8, 4) is 0 Å².